The summed E-state index contributed by atoms with van der Waals surface area (Å²) in [5.74, 6) is 0. The Hall–Kier alpha value is -3.08. The predicted octanol–water partition coefficient (Wildman–Crippen LogP) is 11.7. The fourth-order valence-electron chi connectivity index (χ4n) is 5.86. The third-order valence-electron chi connectivity index (χ3n) is 10.3. The van der Waals surface area contributed by atoms with Crippen LogP contribution in [0.15, 0.2) is 97.1 Å². The smallest absolute Gasteiger partial charge is 0.414 e. The summed E-state index contributed by atoms with van der Waals surface area (Å²) in [7, 11) is -5.79. The first kappa shape index (κ1) is 48.9. The summed E-state index contributed by atoms with van der Waals surface area (Å²) in [4.78, 5) is 0. The number of methoxy groups -OCH3 is 1. The van der Waals surface area contributed by atoms with Crippen molar-refractivity contribution >= 4 is 45.8 Å². The summed E-state index contributed by atoms with van der Waals surface area (Å²) < 4.78 is 196. The van der Waals surface area contributed by atoms with Gasteiger partial charge in [0, 0.05) is 34.7 Å². The molecule has 0 aliphatic carbocycles. The maximum atomic E-state index is 13.7. The topological polar surface area (TPSA) is 46.2 Å². The molecular formula is C41H42F12O5P2Si. The van der Waals surface area contributed by atoms with Crippen LogP contribution in [-0.2, 0) is 47.7 Å². The Labute approximate surface area is 348 Å². The zero-order chi connectivity index (χ0) is 45.3. The summed E-state index contributed by atoms with van der Waals surface area (Å²) in [5.41, 5.74) is -3.98. The molecule has 0 amide bonds. The highest BCUT2D eigenvalue weighted by molar-refractivity contribution is 7.69. The van der Waals surface area contributed by atoms with Gasteiger partial charge in [0.15, 0.2) is 14.6 Å². The minimum absolute atomic E-state index is 0.138. The average Bonchev–Trinajstić information content (AvgIpc) is 3.17. The Kier molecular flexibility index (Phi) is 14.9. The van der Waals surface area contributed by atoms with Crippen LogP contribution in [-0.4, -0.2) is 46.6 Å². The van der Waals surface area contributed by atoms with Gasteiger partial charge in [-0.25, -0.2) is 0 Å². The lowest BCUT2D eigenvalue weighted by molar-refractivity contribution is -0.236. The zero-order valence-electron chi connectivity index (χ0n) is 33.4. The molecule has 1 aliphatic rings. The molecule has 0 unspecified atom stereocenters. The molecule has 1 heterocycles. The van der Waals surface area contributed by atoms with Crippen molar-refractivity contribution in [2.75, 3.05) is 13.7 Å². The van der Waals surface area contributed by atoms with Gasteiger partial charge in [0.25, 0.3) is 0 Å². The number of hydrogen-bond acceptors (Lipinski definition) is 5. The van der Waals surface area contributed by atoms with Crippen LogP contribution in [0.5, 0.6) is 0 Å². The molecule has 1 aliphatic heterocycles. The zero-order valence-corrected chi connectivity index (χ0v) is 36.2. The predicted molar refractivity (Wildman–Crippen MR) is 211 cm³/mol. The third-order valence-corrected chi connectivity index (χ3v) is 18.9. The van der Waals surface area contributed by atoms with Gasteiger partial charge in [-0.1, -0.05) is 69.3 Å². The molecule has 4 aromatic carbocycles. The van der Waals surface area contributed by atoms with Crippen LogP contribution in [0.2, 0.25) is 18.1 Å². The van der Waals surface area contributed by atoms with Crippen LogP contribution < -0.4 is 21.2 Å². The molecular weight excluding hydrogens is 890 g/mol. The van der Waals surface area contributed by atoms with E-state index >= 15 is 0 Å². The first-order valence-corrected chi connectivity index (χ1v) is 24.0. The molecule has 1 saturated heterocycles. The van der Waals surface area contributed by atoms with E-state index in [9.17, 15) is 52.7 Å². The summed E-state index contributed by atoms with van der Waals surface area (Å²) in [6.07, 6.45) is -23.6. The number of ether oxygens (including phenoxy) is 2. The van der Waals surface area contributed by atoms with Crippen molar-refractivity contribution in [3.05, 3.63) is 119 Å². The molecule has 5 rings (SSSR count). The Morgan fingerprint density at radius 2 is 0.852 bits per heavy atom. The average molecular weight is 933 g/mol. The number of hydrogen-bond donors (Lipinski definition) is 0. The van der Waals surface area contributed by atoms with Gasteiger partial charge in [0.2, 0.25) is 0 Å². The molecule has 1 fully saturated rings. The highest BCUT2D eigenvalue weighted by atomic mass is 31.1. The van der Waals surface area contributed by atoms with Crippen LogP contribution >= 0.6 is 16.3 Å². The quantitative estimate of drug-likeness (QED) is 0.0805. The molecule has 0 N–H and O–H groups in total. The molecule has 0 bridgehead atoms. The Balaban J connectivity index is 1.66. The highest BCUT2D eigenvalue weighted by Gasteiger charge is 2.47. The normalized spacial score (nSPS) is 19.8. The number of benzene rings is 4. The summed E-state index contributed by atoms with van der Waals surface area (Å²) >= 11 is 0. The fourth-order valence-corrected chi connectivity index (χ4v) is 10.6. The fraction of sp³-hybridized carbons (Fsp3) is 0.415. The minimum atomic E-state index is -4.72. The van der Waals surface area contributed by atoms with Gasteiger partial charge < -0.3 is 22.9 Å². The van der Waals surface area contributed by atoms with E-state index in [2.05, 4.69) is 0 Å². The number of halogens is 12. The van der Waals surface area contributed by atoms with E-state index in [0.29, 0.717) is 0 Å². The summed E-state index contributed by atoms with van der Waals surface area (Å²) in [5, 5.41) is 0.341. The van der Waals surface area contributed by atoms with Crippen molar-refractivity contribution in [3.63, 3.8) is 0 Å². The second-order valence-corrected chi connectivity index (χ2v) is 24.1. The van der Waals surface area contributed by atoms with Crippen molar-refractivity contribution in [2.24, 2.45) is 0 Å². The van der Waals surface area contributed by atoms with Gasteiger partial charge >= 0.3 is 24.7 Å². The van der Waals surface area contributed by atoms with E-state index in [1.165, 1.54) is 7.11 Å². The van der Waals surface area contributed by atoms with Crippen molar-refractivity contribution in [1.82, 2.24) is 0 Å². The number of alkyl halides is 12. The maximum Gasteiger partial charge on any atom is 0.416 e. The van der Waals surface area contributed by atoms with E-state index in [-0.39, 0.29) is 39.3 Å². The molecule has 61 heavy (non-hydrogen) atoms. The van der Waals surface area contributed by atoms with E-state index in [1.807, 2.05) is 33.9 Å². The van der Waals surface area contributed by atoms with Crippen molar-refractivity contribution < 1.29 is 75.6 Å². The second-order valence-electron chi connectivity index (χ2n) is 15.6. The molecule has 0 spiro atoms. The van der Waals surface area contributed by atoms with Gasteiger partial charge in [-0.3, -0.25) is 0 Å². The number of rotatable bonds is 12. The first-order valence-electron chi connectivity index (χ1n) is 18.5. The Bertz CT molecular complexity index is 1920. The minimum Gasteiger partial charge on any atom is -0.414 e. The van der Waals surface area contributed by atoms with E-state index in [1.54, 1.807) is 0 Å². The molecule has 0 saturated carbocycles. The lowest BCUT2D eigenvalue weighted by Crippen LogP contribution is -2.54. The second kappa shape index (κ2) is 18.6. The van der Waals surface area contributed by atoms with Crippen LogP contribution in [0, 0.1) is 0 Å². The molecule has 4 atom stereocenters. The van der Waals surface area contributed by atoms with Gasteiger partial charge in [-0.2, -0.15) is 52.7 Å². The van der Waals surface area contributed by atoms with E-state index in [4.69, 9.17) is 22.9 Å². The summed E-state index contributed by atoms with van der Waals surface area (Å²) in [6.45, 7) is 9.69. The van der Waals surface area contributed by atoms with Crippen molar-refractivity contribution in [3.8, 4) is 0 Å². The van der Waals surface area contributed by atoms with Crippen LogP contribution in [0.3, 0.4) is 0 Å². The van der Waals surface area contributed by atoms with Gasteiger partial charge in [0.1, 0.15) is 12.2 Å². The monoisotopic (exact) mass is 932 g/mol. The molecule has 0 radical (unpaired) electrons. The lowest BCUT2D eigenvalue weighted by Gasteiger charge is -2.45. The first-order chi connectivity index (χ1) is 28.1. The standard InChI is InChI=1S/C41H42F12O5P2Si/c1-37(2,3)61(5,6)55-24-34-36(58-60(31-19-11-27(12-20-31)40(48,49)50)32-21-13-28(14-22-32)41(51,52)53)33(23-35(54-4)56-34)57-59(29-15-7-25(8-16-29)38(42,43)44)30-17-9-26(10-18-30)39(45,46)47/h7-22,33-36H,23-24H2,1-6H3/t33-,34-,35+,36+/m1/s1. The van der Waals surface area contributed by atoms with E-state index in [0.717, 1.165) is 97.1 Å². The Morgan fingerprint density at radius 3 is 1.13 bits per heavy atom. The van der Waals surface area contributed by atoms with Crippen molar-refractivity contribution in [2.45, 2.75) is 94.6 Å². The van der Waals surface area contributed by atoms with Crippen LogP contribution in [0.25, 0.3) is 0 Å². The molecule has 4 aromatic rings. The van der Waals surface area contributed by atoms with Gasteiger partial charge in [-0.15, -0.1) is 0 Å². The third kappa shape index (κ3) is 12.3. The van der Waals surface area contributed by atoms with Gasteiger partial charge in [-0.05, 0) is 66.7 Å². The maximum absolute atomic E-state index is 13.7. The lowest BCUT2D eigenvalue weighted by atomic mass is 10.0. The molecule has 20 heteroatoms. The largest absolute Gasteiger partial charge is 0.416 e. The van der Waals surface area contributed by atoms with E-state index < -0.39 is 96.2 Å². The highest BCUT2D eigenvalue weighted by Crippen LogP contribution is 2.47. The van der Waals surface area contributed by atoms with Crippen LogP contribution in [0.1, 0.15) is 49.4 Å². The van der Waals surface area contributed by atoms with Crippen LogP contribution in [0.4, 0.5) is 52.7 Å². The van der Waals surface area contributed by atoms with Gasteiger partial charge in [0.05, 0.1) is 51.3 Å². The Morgan fingerprint density at radius 1 is 0.541 bits per heavy atom. The SMILES string of the molecule is CO[C@@H]1C[C@@H](OP(c2ccc(C(F)(F)F)cc2)c2ccc(C(F)(F)F)cc2)[C@H](OP(c2ccc(C(F)(F)F)cc2)c2ccc(C(F)(F)F)cc2)[C@@H](CO[Si](C)(C)C(C)(C)C)O1. The molecule has 334 valence electrons. The summed E-state index contributed by atoms with van der Waals surface area (Å²) in [6, 6.07) is 15.6. The van der Waals surface area contributed by atoms with Crippen molar-refractivity contribution in [1.29, 1.82) is 0 Å². The molecule has 5 nitrogen and oxygen atoms in total. The molecule has 0 aromatic heterocycles.